The van der Waals surface area contributed by atoms with E-state index in [1.165, 1.54) is 11.3 Å². The highest BCUT2D eigenvalue weighted by molar-refractivity contribution is 7.09. The van der Waals surface area contributed by atoms with Gasteiger partial charge in [0.15, 0.2) is 0 Å². The zero-order chi connectivity index (χ0) is 18.5. The second-order valence-electron chi connectivity index (χ2n) is 7.08. The molecule has 1 aromatic carbocycles. The van der Waals surface area contributed by atoms with Crippen molar-refractivity contribution in [3.05, 3.63) is 52.0 Å². The minimum absolute atomic E-state index is 0.0523. The monoisotopic (exact) mass is 371 g/mol. The Labute approximate surface area is 158 Å². The van der Waals surface area contributed by atoms with Crippen LogP contribution in [0.1, 0.15) is 33.9 Å². The van der Waals surface area contributed by atoms with Gasteiger partial charge in [0.1, 0.15) is 16.5 Å². The average Bonchev–Trinajstić information content (AvgIpc) is 3.09. The van der Waals surface area contributed by atoms with Gasteiger partial charge >= 0.3 is 0 Å². The lowest BCUT2D eigenvalue weighted by Gasteiger charge is -2.31. The molecule has 1 aromatic heterocycles. The number of benzene rings is 1. The number of likely N-dealkylation sites (tertiary alicyclic amines) is 1. The summed E-state index contributed by atoms with van der Waals surface area (Å²) in [6.45, 7) is 1.94. The first-order valence-electron chi connectivity index (χ1n) is 8.98. The van der Waals surface area contributed by atoms with Crippen molar-refractivity contribution in [2.45, 2.75) is 25.8 Å². The molecule has 1 saturated heterocycles. The van der Waals surface area contributed by atoms with E-state index in [1.807, 2.05) is 54.7 Å². The number of aromatic nitrogens is 1. The first kappa shape index (κ1) is 18.7. The fraction of sp³-hybridized carbons (Fsp3) is 0.450. The van der Waals surface area contributed by atoms with Crippen LogP contribution in [-0.4, -0.2) is 53.7 Å². The first-order chi connectivity index (χ1) is 12.5. The number of thiazole rings is 1. The summed E-state index contributed by atoms with van der Waals surface area (Å²) in [5, 5.41) is 2.77. The number of hydrogen-bond acceptors (Lipinski definition) is 5. The maximum Gasteiger partial charge on any atom is 0.273 e. The summed E-state index contributed by atoms with van der Waals surface area (Å²) in [6.07, 6.45) is 2.17. The smallest absolute Gasteiger partial charge is 0.273 e. The van der Waals surface area contributed by atoms with E-state index in [1.54, 1.807) is 4.90 Å². The molecule has 6 heteroatoms. The number of Topliss-reactive ketones (excluding diaryl/α,β-unsaturated/α-hetero) is 1. The van der Waals surface area contributed by atoms with Gasteiger partial charge in [0.05, 0.1) is 0 Å². The molecule has 0 bridgehead atoms. The quantitative estimate of drug-likeness (QED) is 0.784. The summed E-state index contributed by atoms with van der Waals surface area (Å²) in [4.78, 5) is 33.7. The molecule has 26 heavy (non-hydrogen) atoms. The molecule has 5 nitrogen and oxygen atoms in total. The molecule has 1 aliphatic heterocycles. The Bertz CT molecular complexity index is 757. The Balaban J connectivity index is 1.61. The van der Waals surface area contributed by atoms with Crippen molar-refractivity contribution in [3.63, 3.8) is 0 Å². The van der Waals surface area contributed by atoms with Gasteiger partial charge in [-0.15, -0.1) is 11.3 Å². The normalized spacial score (nSPS) is 17.5. The predicted octanol–water partition coefficient (Wildman–Crippen LogP) is 2.87. The molecule has 1 amide bonds. The van der Waals surface area contributed by atoms with Gasteiger partial charge in [0.25, 0.3) is 5.91 Å². The number of carbonyl (C=O) groups is 2. The summed E-state index contributed by atoms with van der Waals surface area (Å²) < 4.78 is 0. The Morgan fingerprint density at radius 2 is 2.04 bits per heavy atom. The summed E-state index contributed by atoms with van der Waals surface area (Å²) in [5.41, 5.74) is 1.54. The van der Waals surface area contributed by atoms with Gasteiger partial charge in [0.2, 0.25) is 0 Å². The third kappa shape index (κ3) is 4.77. The van der Waals surface area contributed by atoms with Crippen LogP contribution in [-0.2, 0) is 17.8 Å². The van der Waals surface area contributed by atoms with Gasteiger partial charge in [0, 0.05) is 37.4 Å². The summed E-state index contributed by atoms with van der Waals surface area (Å²) in [6, 6.07) is 9.81. The molecule has 0 radical (unpaired) electrons. The number of ketones is 1. The molecule has 138 valence electrons. The highest BCUT2D eigenvalue weighted by atomic mass is 32.1. The van der Waals surface area contributed by atoms with E-state index in [0.717, 1.165) is 30.0 Å². The summed E-state index contributed by atoms with van der Waals surface area (Å²) in [5.74, 6) is 0.0940. The molecule has 1 unspecified atom stereocenters. The van der Waals surface area contributed by atoms with Crippen LogP contribution in [0, 0.1) is 5.92 Å². The Morgan fingerprint density at radius 3 is 2.77 bits per heavy atom. The van der Waals surface area contributed by atoms with Gasteiger partial charge in [-0.25, -0.2) is 4.98 Å². The minimum Gasteiger partial charge on any atom is -0.337 e. The molecule has 0 aliphatic carbocycles. The fourth-order valence-corrected chi connectivity index (χ4v) is 4.17. The summed E-state index contributed by atoms with van der Waals surface area (Å²) >= 11 is 1.51. The molecular formula is C20H25N3O2S. The van der Waals surface area contributed by atoms with Crippen molar-refractivity contribution in [2.75, 3.05) is 27.2 Å². The fourth-order valence-electron chi connectivity index (χ4n) is 3.28. The number of piperidine rings is 1. The van der Waals surface area contributed by atoms with Gasteiger partial charge in [-0.2, -0.15) is 0 Å². The van der Waals surface area contributed by atoms with Crippen LogP contribution >= 0.6 is 11.3 Å². The van der Waals surface area contributed by atoms with E-state index in [2.05, 4.69) is 4.98 Å². The molecule has 2 heterocycles. The predicted molar refractivity (Wildman–Crippen MR) is 103 cm³/mol. The molecule has 3 rings (SSSR count). The molecule has 0 N–H and O–H groups in total. The van der Waals surface area contributed by atoms with Crippen molar-refractivity contribution >= 4 is 23.0 Å². The lowest BCUT2D eigenvalue weighted by Crippen LogP contribution is -2.42. The average molecular weight is 372 g/mol. The van der Waals surface area contributed by atoms with E-state index in [4.69, 9.17) is 0 Å². The van der Waals surface area contributed by atoms with Gasteiger partial charge < -0.3 is 9.80 Å². The largest absolute Gasteiger partial charge is 0.337 e. The van der Waals surface area contributed by atoms with E-state index < -0.39 is 0 Å². The topological polar surface area (TPSA) is 53.5 Å². The van der Waals surface area contributed by atoms with Crippen LogP contribution in [0.3, 0.4) is 0 Å². The molecule has 1 atom stereocenters. The lowest BCUT2D eigenvalue weighted by molar-refractivity contribution is -0.123. The van der Waals surface area contributed by atoms with Gasteiger partial charge in [-0.3, -0.25) is 9.59 Å². The Morgan fingerprint density at radius 1 is 1.27 bits per heavy atom. The minimum atomic E-state index is -0.0761. The molecule has 0 spiro atoms. The Kier molecular flexibility index (Phi) is 6.16. The van der Waals surface area contributed by atoms with Crippen LogP contribution in [0.2, 0.25) is 0 Å². The van der Waals surface area contributed by atoms with Gasteiger partial charge in [-0.1, -0.05) is 30.3 Å². The van der Waals surface area contributed by atoms with Crippen molar-refractivity contribution in [1.29, 1.82) is 0 Å². The van der Waals surface area contributed by atoms with E-state index >= 15 is 0 Å². The molecular weight excluding hydrogens is 346 g/mol. The molecule has 1 aliphatic rings. The third-order valence-corrected chi connectivity index (χ3v) is 5.44. The standard InChI is InChI=1S/C20H25N3O2S/c1-22(2)13-19-21-17(14-26-19)20(25)23-10-6-9-16(12-23)18(24)11-15-7-4-3-5-8-15/h3-5,7-8,14,16H,6,9-13H2,1-2H3. The van der Waals surface area contributed by atoms with Crippen LogP contribution in [0.15, 0.2) is 35.7 Å². The molecule has 2 aromatic rings. The highest BCUT2D eigenvalue weighted by Crippen LogP contribution is 2.22. The maximum atomic E-state index is 12.8. The highest BCUT2D eigenvalue weighted by Gasteiger charge is 2.29. The Hall–Kier alpha value is -2.05. The number of carbonyl (C=O) groups excluding carboxylic acids is 2. The number of amides is 1. The van der Waals surface area contributed by atoms with E-state index in [9.17, 15) is 9.59 Å². The van der Waals surface area contributed by atoms with Gasteiger partial charge in [-0.05, 0) is 32.5 Å². The van der Waals surface area contributed by atoms with E-state index in [0.29, 0.717) is 25.2 Å². The van der Waals surface area contributed by atoms with Crippen LogP contribution < -0.4 is 0 Å². The van der Waals surface area contributed by atoms with Crippen molar-refractivity contribution in [1.82, 2.24) is 14.8 Å². The van der Waals surface area contributed by atoms with Crippen LogP contribution in [0.4, 0.5) is 0 Å². The van der Waals surface area contributed by atoms with Crippen molar-refractivity contribution in [2.24, 2.45) is 5.92 Å². The first-order valence-corrected chi connectivity index (χ1v) is 9.86. The maximum absolute atomic E-state index is 12.8. The van der Waals surface area contributed by atoms with Crippen molar-refractivity contribution in [3.8, 4) is 0 Å². The number of rotatable bonds is 6. The number of hydrogen-bond donors (Lipinski definition) is 0. The second kappa shape index (κ2) is 8.56. The zero-order valence-corrected chi connectivity index (χ0v) is 16.2. The lowest BCUT2D eigenvalue weighted by atomic mass is 9.90. The number of nitrogens with zero attached hydrogens (tertiary/aromatic N) is 3. The SMILES string of the molecule is CN(C)Cc1nc(C(=O)N2CCCC(C(=O)Cc3ccccc3)C2)cs1. The van der Waals surface area contributed by atoms with E-state index in [-0.39, 0.29) is 17.6 Å². The second-order valence-corrected chi connectivity index (χ2v) is 8.03. The summed E-state index contributed by atoms with van der Waals surface area (Å²) in [7, 11) is 3.97. The van der Waals surface area contributed by atoms with Crippen molar-refractivity contribution < 1.29 is 9.59 Å². The molecule has 1 fully saturated rings. The molecule has 0 saturated carbocycles. The van der Waals surface area contributed by atoms with Crippen LogP contribution in [0.5, 0.6) is 0 Å². The zero-order valence-electron chi connectivity index (χ0n) is 15.4. The third-order valence-electron chi connectivity index (χ3n) is 4.61. The van der Waals surface area contributed by atoms with Crippen LogP contribution in [0.25, 0.3) is 0 Å².